The van der Waals surface area contributed by atoms with Crippen LogP contribution in [0.2, 0.25) is 18.1 Å². The molecule has 23 heavy (non-hydrogen) atoms. The molecule has 130 valence electrons. The van der Waals surface area contributed by atoms with Crippen LogP contribution in [0.5, 0.6) is 0 Å². The van der Waals surface area contributed by atoms with Crippen LogP contribution in [0.3, 0.4) is 0 Å². The van der Waals surface area contributed by atoms with Gasteiger partial charge in [0.2, 0.25) is 0 Å². The highest BCUT2D eigenvalue weighted by molar-refractivity contribution is 9.11. The van der Waals surface area contributed by atoms with E-state index in [1.54, 1.807) is 0 Å². The van der Waals surface area contributed by atoms with Gasteiger partial charge >= 0.3 is 0 Å². The summed E-state index contributed by atoms with van der Waals surface area (Å²) in [7, 11) is -1.73. The monoisotopic (exact) mass is 461 g/mol. The molecule has 0 saturated heterocycles. The van der Waals surface area contributed by atoms with Crippen molar-refractivity contribution in [3.05, 3.63) is 27.1 Å². The second-order valence-corrected chi connectivity index (χ2v) is 14.7. The Balaban J connectivity index is 2.12. The van der Waals surface area contributed by atoms with Crippen molar-refractivity contribution >= 4 is 45.9 Å². The van der Waals surface area contributed by atoms with Gasteiger partial charge in [-0.2, -0.15) is 0 Å². The van der Waals surface area contributed by atoms with Gasteiger partial charge in [0.1, 0.15) is 0 Å². The van der Waals surface area contributed by atoms with Gasteiger partial charge in [0.05, 0.1) is 12.1 Å². The SMILES string of the molecule is CC(C)(C)[Si](C)(C)O[C@@H]1CCCC[C@H]1Nc1cc(Br)cc(Br)c1. The van der Waals surface area contributed by atoms with E-state index in [9.17, 15) is 0 Å². The zero-order chi connectivity index (χ0) is 17.3. The van der Waals surface area contributed by atoms with Gasteiger partial charge in [0.15, 0.2) is 8.32 Å². The molecule has 0 unspecified atom stereocenters. The van der Waals surface area contributed by atoms with E-state index in [1.807, 2.05) is 0 Å². The summed E-state index contributed by atoms with van der Waals surface area (Å²) in [6.45, 7) is 11.7. The predicted octanol–water partition coefficient (Wildman–Crippen LogP) is 6.96. The molecule has 0 heterocycles. The normalized spacial score (nSPS) is 22.9. The number of nitrogens with one attached hydrogen (secondary N) is 1. The lowest BCUT2D eigenvalue weighted by Gasteiger charge is -2.43. The summed E-state index contributed by atoms with van der Waals surface area (Å²) in [4.78, 5) is 0. The van der Waals surface area contributed by atoms with Crippen LogP contribution in [0, 0.1) is 0 Å². The van der Waals surface area contributed by atoms with Crippen molar-refractivity contribution in [2.45, 2.75) is 76.7 Å². The molecule has 1 aromatic rings. The molecule has 1 fully saturated rings. The Kier molecular flexibility index (Phi) is 6.43. The fourth-order valence-corrected chi connectivity index (χ4v) is 5.50. The van der Waals surface area contributed by atoms with E-state index in [2.05, 4.69) is 89.2 Å². The maximum absolute atomic E-state index is 6.74. The summed E-state index contributed by atoms with van der Waals surface area (Å²) in [6.07, 6.45) is 5.23. The van der Waals surface area contributed by atoms with E-state index in [0.717, 1.165) is 14.6 Å². The molecule has 1 aliphatic carbocycles. The smallest absolute Gasteiger partial charge is 0.192 e. The topological polar surface area (TPSA) is 21.3 Å². The van der Waals surface area contributed by atoms with Crippen LogP contribution < -0.4 is 5.32 Å². The Morgan fingerprint density at radius 3 is 2.17 bits per heavy atom. The van der Waals surface area contributed by atoms with Gasteiger partial charge in [0.25, 0.3) is 0 Å². The summed E-state index contributed by atoms with van der Waals surface area (Å²) in [5.41, 5.74) is 1.15. The van der Waals surface area contributed by atoms with E-state index in [1.165, 1.54) is 25.7 Å². The molecular formula is C18H29Br2NOSi. The van der Waals surface area contributed by atoms with Gasteiger partial charge in [-0.1, -0.05) is 65.5 Å². The molecule has 1 aliphatic rings. The predicted molar refractivity (Wildman–Crippen MR) is 110 cm³/mol. The van der Waals surface area contributed by atoms with Gasteiger partial charge in [-0.25, -0.2) is 0 Å². The van der Waals surface area contributed by atoms with Crippen LogP contribution in [0.4, 0.5) is 5.69 Å². The average Bonchev–Trinajstić information content (AvgIpc) is 2.38. The molecular weight excluding hydrogens is 434 g/mol. The Labute approximate surface area is 159 Å². The molecule has 1 saturated carbocycles. The molecule has 5 heteroatoms. The highest BCUT2D eigenvalue weighted by Crippen LogP contribution is 2.39. The maximum Gasteiger partial charge on any atom is 0.192 e. The molecule has 1 aromatic carbocycles. The van der Waals surface area contributed by atoms with E-state index in [0.29, 0.717) is 12.1 Å². The second kappa shape index (κ2) is 7.59. The Hall–Kier alpha value is 0.157. The number of rotatable bonds is 4. The van der Waals surface area contributed by atoms with Crippen LogP contribution >= 0.6 is 31.9 Å². The molecule has 0 aromatic heterocycles. The lowest BCUT2D eigenvalue weighted by atomic mass is 9.92. The van der Waals surface area contributed by atoms with Crippen molar-refractivity contribution in [2.75, 3.05) is 5.32 Å². The highest BCUT2D eigenvalue weighted by Gasteiger charge is 2.41. The van der Waals surface area contributed by atoms with Crippen LogP contribution in [0.15, 0.2) is 27.1 Å². The third-order valence-electron chi connectivity index (χ3n) is 5.17. The van der Waals surface area contributed by atoms with Gasteiger partial charge in [0, 0.05) is 14.6 Å². The van der Waals surface area contributed by atoms with E-state index >= 15 is 0 Å². The first-order chi connectivity index (χ1) is 10.6. The summed E-state index contributed by atoms with van der Waals surface area (Å²) in [5, 5.41) is 3.98. The van der Waals surface area contributed by atoms with Crippen molar-refractivity contribution in [3.8, 4) is 0 Å². The quantitative estimate of drug-likeness (QED) is 0.488. The van der Waals surface area contributed by atoms with Crippen molar-refractivity contribution < 1.29 is 4.43 Å². The minimum Gasteiger partial charge on any atom is -0.412 e. The van der Waals surface area contributed by atoms with Crippen molar-refractivity contribution in [3.63, 3.8) is 0 Å². The van der Waals surface area contributed by atoms with Crippen LogP contribution in [0.1, 0.15) is 46.5 Å². The minimum absolute atomic E-state index is 0.258. The number of hydrogen-bond donors (Lipinski definition) is 1. The first-order valence-electron chi connectivity index (χ1n) is 8.49. The average molecular weight is 463 g/mol. The van der Waals surface area contributed by atoms with E-state index in [4.69, 9.17) is 4.43 Å². The zero-order valence-electron chi connectivity index (χ0n) is 14.9. The molecule has 0 radical (unpaired) electrons. The van der Waals surface area contributed by atoms with E-state index < -0.39 is 8.32 Å². The summed E-state index contributed by atoms with van der Waals surface area (Å²) >= 11 is 7.15. The lowest BCUT2D eigenvalue weighted by Crippen LogP contribution is -2.49. The zero-order valence-corrected chi connectivity index (χ0v) is 19.1. The van der Waals surface area contributed by atoms with E-state index in [-0.39, 0.29) is 5.04 Å². The lowest BCUT2D eigenvalue weighted by molar-refractivity contribution is 0.124. The Morgan fingerprint density at radius 1 is 1.04 bits per heavy atom. The Morgan fingerprint density at radius 2 is 1.61 bits per heavy atom. The van der Waals surface area contributed by atoms with Gasteiger partial charge in [-0.05, 0) is 49.2 Å². The largest absolute Gasteiger partial charge is 0.412 e. The molecule has 0 bridgehead atoms. The summed E-state index contributed by atoms with van der Waals surface area (Å²) in [5.74, 6) is 0. The second-order valence-electron chi connectivity index (χ2n) is 8.11. The maximum atomic E-state index is 6.74. The van der Waals surface area contributed by atoms with Crippen molar-refractivity contribution in [2.24, 2.45) is 0 Å². The molecule has 2 rings (SSSR count). The number of anilines is 1. The molecule has 0 amide bonds. The molecule has 0 aliphatic heterocycles. The first kappa shape index (κ1) is 19.5. The minimum atomic E-state index is -1.73. The molecule has 2 atom stereocenters. The molecule has 0 spiro atoms. The molecule has 2 nitrogen and oxygen atoms in total. The standard InChI is InChI=1S/C18H29Br2NOSi/c1-18(2,3)23(4,5)22-17-9-7-6-8-16(17)21-15-11-13(19)10-14(20)12-15/h10-12,16-17,21H,6-9H2,1-5H3/t16-,17-/m1/s1. The van der Waals surface area contributed by atoms with Gasteiger partial charge < -0.3 is 9.74 Å². The molecule has 1 N–H and O–H groups in total. The van der Waals surface area contributed by atoms with Crippen LogP contribution in [-0.4, -0.2) is 20.5 Å². The third-order valence-corrected chi connectivity index (χ3v) is 10.6. The highest BCUT2D eigenvalue weighted by atomic mass is 79.9. The van der Waals surface area contributed by atoms with Gasteiger partial charge in [-0.3, -0.25) is 0 Å². The summed E-state index contributed by atoms with van der Waals surface area (Å²) in [6, 6.07) is 6.75. The first-order valence-corrected chi connectivity index (χ1v) is 13.0. The van der Waals surface area contributed by atoms with Crippen molar-refractivity contribution in [1.29, 1.82) is 0 Å². The van der Waals surface area contributed by atoms with Crippen molar-refractivity contribution in [1.82, 2.24) is 0 Å². The fraction of sp³-hybridized carbons (Fsp3) is 0.667. The number of halogens is 2. The Bertz CT molecular complexity index is 522. The third kappa shape index (κ3) is 5.31. The number of hydrogen-bond acceptors (Lipinski definition) is 2. The van der Waals surface area contributed by atoms with Crippen LogP contribution in [0.25, 0.3) is 0 Å². The van der Waals surface area contributed by atoms with Gasteiger partial charge in [-0.15, -0.1) is 0 Å². The summed E-state index contributed by atoms with van der Waals surface area (Å²) < 4.78 is 8.92. The fourth-order valence-electron chi connectivity index (χ4n) is 2.81. The number of benzene rings is 1. The van der Waals surface area contributed by atoms with Crippen LogP contribution in [-0.2, 0) is 4.43 Å².